The topological polar surface area (TPSA) is 55.2 Å². The Bertz CT molecular complexity index is 584. The Labute approximate surface area is 118 Å². The Morgan fingerprint density at radius 2 is 1.80 bits per heavy atom. The van der Waals surface area contributed by atoms with Crippen LogP contribution >= 0.6 is 0 Å². The van der Waals surface area contributed by atoms with Crippen LogP contribution in [-0.4, -0.2) is 16.0 Å². The zero-order valence-electron chi connectivity index (χ0n) is 11.5. The molecular formula is C16H17N3O. The van der Waals surface area contributed by atoms with E-state index in [1.165, 1.54) is 30.9 Å². The van der Waals surface area contributed by atoms with Gasteiger partial charge < -0.3 is 0 Å². The van der Waals surface area contributed by atoms with Crippen molar-refractivity contribution in [3.8, 4) is 11.4 Å². The molecule has 1 aromatic carbocycles. The number of carbonyl (C=O) groups excluding carboxylic acids is 1. The quantitative estimate of drug-likeness (QED) is 0.454. The van der Waals surface area contributed by atoms with E-state index in [9.17, 15) is 4.79 Å². The van der Waals surface area contributed by atoms with Gasteiger partial charge in [-0.2, -0.15) is 4.99 Å². The Morgan fingerprint density at radius 3 is 2.40 bits per heavy atom. The van der Waals surface area contributed by atoms with Crippen LogP contribution in [0.15, 0.2) is 41.7 Å². The first-order valence-electron chi connectivity index (χ1n) is 6.82. The van der Waals surface area contributed by atoms with Gasteiger partial charge in [-0.1, -0.05) is 19.8 Å². The molecule has 0 bridgehead atoms. The van der Waals surface area contributed by atoms with Gasteiger partial charge in [-0.25, -0.2) is 14.8 Å². The molecule has 0 aliphatic carbocycles. The summed E-state index contributed by atoms with van der Waals surface area (Å²) in [6.07, 6.45) is 9.95. The SMILES string of the molecule is CCCCCc1cnc(-c2ccc(N=C=O)cc2)nc1. The summed E-state index contributed by atoms with van der Waals surface area (Å²) in [6.45, 7) is 2.19. The minimum Gasteiger partial charge on any atom is -0.236 e. The number of aromatic nitrogens is 2. The van der Waals surface area contributed by atoms with Crippen molar-refractivity contribution in [1.82, 2.24) is 9.97 Å². The lowest BCUT2D eigenvalue weighted by Gasteiger charge is -2.03. The summed E-state index contributed by atoms with van der Waals surface area (Å²) in [4.78, 5) is 22.5. The summed E-state index contributed by atoms with van der Waals surface area (Å²) in [5.74, 6) is 0.686. The second-order valence-electron chi connectivity index (χ2n) is 4.62. The molecule has 0 saturated carbocycles. The molecule has 0 unspecified atom stereocenters. The summed E-state index contributed by atoms with van der Waals surface area (Å²) in [7, 11) is 0. The van der Waals surface area contributed by atoms with Crippen molar-refractivity contribution in [2.45, 2.75) is 32.6 Å². The second-order valence-corrected chi connectivity index (χ2v) is 4.62. The molecule has 0 radical (unpaired) electrons. The fraction of sp³-hybridized carbons (Fsp3) is 0.312. The zero-order valence-corrected chi connectivity index (χ0v) is 11.5. The Balaban J connectivity index is 2.07. The van der Waals surface area contributed by atoms with Crippen LogP contribution in [0, 0.1) is 0 Å². The van der Waals surface area contributed by atoms with Gasteiger partial charge >= 0.3 is 0 Å². The number of hydrogen-bond donors (Lipinski definition) is 0. The summed E-state index contributed by atoms with van der Waals surface area (Å²) in [5.41, 5.74) is 2.67. The van der Waals surface area contributed by atoms with E-state index in [-0.39, 0.29) is 0 Å². The molecule has 0 spiro atoms. The van der Waals surface area contributed by atoms with E-state index >= 15 is 0 Å². The van der Waals surface area contributed by atoms with E-state index in [1.54, 1.807) is 12.1 Å². The van der Waals surface area contributed by atoms with E-state index in [1.807, 2.05) is 24.5 Å². The fourth-order valence-corrected chi connectivity index (χ4v) is 1.95. The standard InChI is InChI=1S/C16H17N3O/c1-2-3-4-5-13-10-17-16(18-11-13)14-6-8-15(9-7-14)19-12-20/h6-11H,2-5H2,1H3. The van der Waals surface area contributed by atoms with Crippen molar-refractivity contribution in [3.63, 3.8) is 0 Å². The second kappa shape index (κ2) is 7.31. The molecule has 4 nitrogen and oxygen atoms in total. The lowest BCUT2D eigenvalue weighted by Crippen LogP contribution is -1.93. The lowest BCUT2D eigenvalue weighted by molar-refractivity contribution is 0.565. The van der Waals surface area contributed by atoms with Gasteiger partial charge in [0.1, 0.15) is 0 Å². The molecule has 0 amide bonds. The number of nitrogens with zero attached hydrogens (tertiary/aromatic N) is 3. The molecule has 102 valence electrons. The minimum absolute atomic E-state index is 0.583. The van der Waals surface area contributed by atoms with Gasteiger partial charge in [0.15, 0.2) is 5.82 Å². The number of benzene rings is 1. The molecule has 0 saturated heterocycles. The van der Waals surface area contributed by atoms with Crippen LogP contribution in [0.1, 0.15) is 31.7 Å². The molecule has 2 rings (SSSR count). The summed E-state index contributed by atoms with van der Waals surface area (Å²) < 4.78 is 0. The van der Waals surface area contributed by atoms with Crippen LogP contribution in [0.4, 0.5) is 5.69 Å². The number of aliphatic imine (C=N–C) groups is 1. The Hall–Kier alpha value is -2.32. The highest BCUT2D eigenvalue weighted by atomic mass is 16.1. The van der Waals surface area contributed by atoms with Crippen molar-refractivity contribution < 1.29 is 4.79 Å². The third-order valence-electron chi connectivity index (χ3n) is 3.07. The van der Waals surface area contributed by atoms with Crippen molar-refractivity contribution in [3.05, 3.63) is 42.2 Å². The molecule has 0 fully saturated rings. The van der Waals surface area contributed by atoms with E-state index in [0.29, 0.717) is 11.5 Å². The monoisotopic (exact) mass is 267 g/mol. The van der Waals surface area contributed by atoms with Crippen LogP contribution in [0.3, 0.4) is 0 Å². The van der Waals surface area contributed by atoms with Gasteiger partial charge in [-0.3, -0.25) is 0 Å². The van der Waals surface area contributed by atoms with Gasteiger partial charge in [0.2, 0.25) is 6.08 Å². The molecule has 4 heteroatoms. The predicted molar refractivity (Wildman–Crippen MR) is 78.5 cm³/mol. The maximum absolute atomic E-state index is 10.2. The van der Waals surface area contributed by atoms with E-state index in [4.69, 9.17) is 0 Å². The van der Waals surface area contributed by atoms with Crippen molar-refractivity contribution in [2.24, 2.45) is 4.99 Å². The largest absolute Gasteiger partial charge is 0.240 e. The Kier molecular flexibility index (Phi) is 5.15. The highest BCUT2D eigenvalue weighted by Crippen LogP contribution is 2.19. The third kappa shape index (κ3) is 3.84. The highest BCUT2D eigenvalue weighted by molar-refractivity contribution is 5.59. The van der Waals surface area contributed by atoms with Gasteiger partial charge in [-0.05, 0) is 42.7 Å². The van der Waals surface area contributed by atoms with Crippen LogP contribution < -0.4 is 0 Å². The molecule has 0 atom stereocenters. The summed E-state index contributed by atoms with van der Waals surface area (Å²) in [5, 5.41) is 0. The average Bonchev–Trinajstić information content (AvgIpc) is 2.49. The molecule has 0 N–H and O–H groups in total. The Morgan fingerprint density at radius 1 is 1.10 bits per heavy atom. The van der Waals surface area contributed by atoms with Crippen LogP contribution in [0.25, 0.3) is 11.4 Å². The molecule has 1 heterocycles. The molecule has 20 heavy (non-hydrogen) atoms. The first-order chi connectivity index (χ1) is 9.83. The number of isocyanates is 1. The fourth-order valence-electron chi connectivity index (χ4n) is 1.95. The molecular weight excluding hydrogens is 250 g/mol. The van der Waals surface area contributed by atoms with E-state index < -0.39 is 0 Å². The van der Waals surface area contributed by atoms with Gasteiger partial charge in [0, 0.05) is 18.0 Å². The number of aryl methyl sites for hydroxylation is 1. The van der Waals surface area contributed by atoms with Gasteiger partial charge in [-0.15, -0.1) is 0 Å². The molecule has 1 aromatic heterocycles. The number of rotatable bonds is 6. The predicted octanol–water partition coefficient (Wildman–Crippen LogP) is 3.84. The highest BCUT2D eigenvalue weighted by Gasteiger charge is 2.02. The summed E-state index contributed by atoms with van der Waals surface area (Å²) in [6, 6.07) is 7.20. The van der Waals surface area contributed by atoms with Gasteiger partial charge in [0.25, 0.3) is 0 Å². The first kappa shape index (κ1) is 14.1. The van der Waals surface area contributed by atoms with Crippen molar-refractivity contribution in [1.29, 1.82) is 0 Å². The maximum atomic E-state index is 10.2. The van der Waals surface area contributed by atoms with E-state index in [2.05, 4.69) is 21.9 Å². The van der Waals surface area contributed by atoms with Crippen LogP contribution in [0.2, 0.25) is 0 Å². The first-order valence-corrected chi connectivity index (χ1v) is 6.82. The van der Waals surface area contributed by atoms with Crippen molar-refractivity contribution in [2.75, 3.05) is 0 Å². The summed E-state index contributed by atoms with van der Waals surface area (Å²) >= 11 is 0. The third-order valence-corrected chi connectivity index (χ3v) is 3.07. The van der Waals surface area contributed by atoms with Crippen LogP contribution in [-0.2, 0) is 11.2 Å². The smallest absolute Gasteiger partial charge is 0.236 e. The molecule has 2 aromatic rings. The number of unbranched alkanes of at least 4 members (excludes halogenated alkanes) is 2. The normalized spacial score (nSPS) is 10.1. The van der Waals surface area contributed by atoms with Crippen molar-refractivity contribution >= 4 is 11.8 Å². The zero-order chi connectivity index (χ0) is 14.2. The van der Waals surface area contributed by atoms with Crippen LogP contribution in [0.5, 0.6) is 0 Å². The number of hydrogen-bond acceptors (Lipinski definition) is 4. The average molecular weight is 267 g/mol. The lowest BCUT2D eigenvalue weighted by atomic mass is 10.1. The molecule has 0 aliphatic rings. The maximum Gasteiger partial charge on any atom is 0.240 e. The molecule has 0 aliphatic heterocycles. The van der Waals surface area contributed by atoms with E-state index in [0.717, 1.165) is 12.0 Å². The van der Waals surface area contributed by atoms with Gasteiger partial charge in [0.05, 0.1) is 5.69 Å². The minimum atomic E-state index is 0.583.